The zero-order valence-electron chi connectivity index (χ0n) is 12.0. The van der Waals surface area contributed by atoms with Gasteiger partial charge in [-0.05, 0) is 57.5 Å². The van der Waals surface area contributed by atoms with Crippen LogP contribution in [0.25, 0.3) is 0 Å². The maximum Gasteiger partial charge on any atom is 0.0252 e. The summed E-state index contributed by atoms with van der Waals surface area (Å²) in [4.78, 5) is 2.93. The molecular formula is C16H30N2. The minimum absolute atomic E-state index is 0.805. The fourth-order valence-corrected chi connectivity index (χ4v) is 4.65. The van der Waals surface area contributed by atoms with Crippen molar-refractivity contribution < 1.29 is 0 Å². The molecule has 2 heterocycles. The van der Waals surface area contributed by atoms with E-state index in [4.69, 9.17) is 0 Å². The molecule has 104 valence electrons. The fourth-order valence-electron chi connectivity index (χ4n) is 4.65. The van der Waals surface area contributed by atoms with Crippen LogP contribution in [0, 0.1) is 5.92 Å². The van der Waals surface area contributed by atoms with Crippen LogP contribution < -0.4 is 5.32 Å². The van der Waals surface area contributed by atoms with Crippen molar-refractivity contribution in [3.05, 3.63) is 0 Å². The first-order chi connectivity index (χ1) is 8.86. The molecule has 1 aliphatic carbocycles. The van der Waals surface area contributed by atoms with E-state index < -0.39 is 0 Å². The number of nitrogens with one attached hydrogen (secondary N) is 1. The van der Waals surface area contributed by atoms with E-state index in [1.807, 2.05) is 0 Å². The smallest absolute Gasteiger partial charge is 0.0252 e. The highest BCUT2D eigenvalue weighted by molar-refractivity contribution is 4.95. The lowest BCUT2D eigenvalue weighted by Gasteiger charge is -2.47. The van der Waals surface area contributed by atoms with Gasteiger partial charge in [0.05, 0.1) is 0 Å². The summed E-state index contributed by atoms with van der Waals surface area (Å²) in [6, 6.07) is 2.55. The third kappa shape index (κ3) is 2.60. The third-order valence-electron chi connectivity index (χ3n) is 5.65. The van der Waals surface area contributed by atoms with Crippen LogP contribution in [0.3, 0.4) is 0 Å². The van der Waals surface area contributed by atoms with Crippen LogP contribution in [-0.4, -0.2) is 36.1 Å². The minimum atomic E-state index is 0.805. The van der Waals surface area contributed by atoms with E-state index in [9.17, 15) is 0 Å². The van der Waals surface area contributed by atoms with Crippen LogP contribution in [0.1, 0.15) is 64.7 Å². The Morgan fingerprint density at radius 3 is 2.39 bits per heavy atom. The van der Waals surface area contributed by atoms with Gasteiger partial charge in [-0.25, -0.2) is 0 Å². The number of nitrogens with zero attached hydrogens (tertiary/aromatic N) is 1. The molecule has 1 saturated carbocycles. The Kier molecular flexibility index (Phi) is 4.25. The van der Waals surface area contributed by atoms with Crippen LogP contribution in [0.15, 0.2) is 0 Å². The minimum Gasteiger partial charge on any atom is -0.312 e. The maximum atomic E-state index is 3.77. The normalized spacial score (nSPS) is 43.2. The molecule has 2 aliphatic heterocycles. The molecule has 2 nitrogen and oxygen atoms in total. The summed E-state index contributed by atoms with van der Waals surface area (Å²) in [6.07, 6.45) is 13.0. The van der Waals surface area contributed by atoms with Crippen molar-refractivity contribution in [2.24, 2.45) is 5.92 Å². The first-order valence-electron chi connectivity index (χ1n) is 8.35. The number of hydrogen-bond acceptors (Lipinski definition) is 2. The van der Waals surface area contributed by atoms with Gasteiger partial charge in [-0.1, -0.05) is 26.2 Å². The van der Waals surface area contributed by atoms with Crippen molar-refractivity contribution in [1.82, 2.24) is 10.2 Å². The van der Waals surface area contributed by atoms with Crippen molar-refractivity contribution in [2.75, 3.05) is 13.1 Å². The SMILES string of the molecule is CC1CCCCC1N1CCCCC1C1CCCN1. The van der Waals surface area contributed by atoms with E-state index in [0.29, 0.717) is 0 Å². The lowest BCUT2D eigenvalue weighted by atomic mass is 9.81. The Morgan fingerprint density at radius 2 is 1.61 bits per heavy atom. The second-order valence-electron chi connectivity index (χ2n) is 6.83. The van der Waals surface area contributed by atoms with Gasteiger partial charge in [0, 0.05) is 18.1 Å². The molecule has 3 fully saturated rings. The van der Waals surface area contributed by atoms with E-state index in [2.05, 4.69) is 17.1 Å². The van der Waals surface area contributed by atoms with E-state index in [1.54, 1.807) is 0 Å². The molecule has 3 rings (SSSR count). The predicted molar refractivity (Wildman–Crippen MR) is 76.8 cm³/mol. The maximum absolute atomic E-state index is 3.77. The van der Waals surface area contributed by atoms with Gasteiger partial charge in [0.25, 0.3) is 0 Å². The molecule has 0 aromatic heterocycles. The number of likely N-dealkylation sites (tertiary alicyclic amines) is 1. The number of piperidine rings is 1. The van der Waals surface area contributed by atoms with Gasteiger partial charge >= 0.3 is 0 Å². The second-order valence-corrected chi connectivity index (χ2v) is 6.83. The Bertz CT molecular complexity index is 260. The first kappa shape index (κ1) is 12.9. The molecule has 0 aromatic rings. The Labute approximate surface area is 113 Å². The van der Waals surface area contributed by atoms with Gasteiger partial charge in [0.2, 0.25) is 0 Å². The molecule has 0 spiro atoms. The van der Waals surface area contributed by atoms with Crippen molar-refractivity contribution in [2.45, 2.75) is 82.8 Å². The van der Waals surface area contributed by atoms with E-state index >= 15 is 0 Å². The largest absolute Gasteiger partial charge is 0.312 e. The summed E-state index contributed by atoms with van der Waals surface area (Å²) in [5, 5.41) is 3.77. The molecule has 0 amide bonds. The van der Waals surface area contributed by atoms with E-state index in [1.165, 1.54) is 70.9 Å². The summed E-state index contributed by atoms with van der Waals surface area (Å²) < 4.78 is 0. The van der Waals surface area contributed by atoms with Gasteiger partial charge in [-0.3, -0.25) is 4.90 Å². The molecule has 18 heavy (non-hydrogen) atoms. The molecule has 4 unspecified atom stereocenters. The van der Waals surface area contributed by atoms with Crippen molar-refractivity contribution in [1.29, 1.82) is 0 Å². The monoisotopic (exact) mass is 250 g/mol. The van der Waals surface area contributed by atoms with Crippen molar-refractivity contribution in [3.63, 3.8) is 0 Å². The summed E-state index contributed by atoms with van der Waals surface area (Å²) in [5.74, 6) is 0.931. The van der Waals surface area contributed by atoms with Crippen molar-refractivity contribution >= 4 is 0 Å². The van der Waals surface area contributed by atoms with E-state index in [-0.39, 0.29) is 0 Å². The van der Waals surface area contributed by atoms with Crippen LogP contribution in [0.4, 0.5) is 0 Å². The lowest BCUT2D eigenvalue weighted by molar-refractivity contribution is 0.0293. The number of hydrogen-bond donors (Lipinski definition) is 1. The van der Waals surface area contributed by atoms with E-state index in [0.717, 1.165) is 24.0 Å². The van der Waals surface area contributed by atoms with Crippen LogP contribution in [0.2, 0.25) is 0 Å². The first-order valence-corrected chi connectivity index (χ1v) is 8.35. The summed E-state index contributed by atoms with van der Waals surface area (Å²) in [5.41, 5.74) is 0. The van der Waals surface area contributed by atoms with Gasteiger partial charge < -0.3 is 5.32 Å². The van der Waals surface area contributed by atoms with Gasteiger partial charge in [-0.2, -0.15) is 0 Å². The molecule has 1 N–H and O–H groups in total. The highest BCUT2D eigenvalue weighted by atomic mass is 15.2. The molecule has 0 bridgehead atoms. The quantitative estimate of drug-likeness (QED) is 0.810. The van der Waals surface area contributed by atoms with Gasteiger partial charge in [0.15, 0.2) is 0 Å². The highest BCUT2D eigenvalue weighted by Gasteiger charge is 2.37. The Hall–Kier alpha value is -0.0800. The zero-order chi connectivity index (χ0) is 12.4. The summed E-state index contributed by atoms with van der Waals surface area (Å²) >= 11 is 0. The Balaban J connectivity index is 1.69. The summed E-state index contributed by atoms with van der Waals surface area (Å²) in [6.45, 7) is 5.13. The predicted octanol–water partition coefficient (Wildman–Crippen LogP) is 3.17. The topological polar surface area (TPSA) is 15.3 Å². The molecule has 4 atom stereocenters. The lowest BCUT2D eigenvalue weighted by Crippen LogP contribution is -2.56. The van der Waals surface area contributed by atoms with Gasteiger partial charge in [-0.15, -0.1) is 0 Å². The summed E-state index contributed by atoms with van der Waals surface area (Å²) in [7, 11) is 0. The third-order valence-corrected chi connectivity index (χ3v) is 5.65. The number of rotatable bonds is 2. The molecule has 0 aromatic carbocycles. The fraction of sp³-hybridized carbons (Fsp3) is 1.00. The van der Waals surface area contributed by atoms with Crippen LogP contribution in [-0.2, 0) is 0 Å². The molecule has 0 radical (unpaired) electrons. The highest BCUT2D eigenvalue weighted by Crippen LogP contribution is 2.34. The molecule has 3 aliphatic rings. The standard InChI is InChI=1S/C16H30N2/c1-13-7-2-3-9-15(13)18-12-5-4-10-16(18)14-8-6-11-17-14/h13-17H,2-12H2,1H3. The average molecular weight is 250 g/mol. The zero-order valence-corrected chi connectivity index (χ0v) is 12.0. The average Bonchev–Trinajstić information content (AvgIpc) is 2.93. The van der Waals surface area contributed by atoms with Crippen LogP contribution in [0.5, 0.6) is 0 Å². The van der Waals surface area contributed by atoms with Crippen LogP contribution >= 0.6 is 0 Å². The molecule has 2 heteroatoms. The molecular weight excluding hydrogens is 220 g/mol. The Morgan fingerprint density at radius 1 is 0.833 bits per heavy atom. The van der Waals surface area contributed by atoms with Crippen molar-refractivity contribution in [3.8, 4) is 0 Å². The molecule has 2 saturated heterocycles. The second kappa shape index (κ2) is 5.92. The van der Waals surface area contributed by atoms with Gasteiger partial charge in [0.1, 0.15) is 0 Å².